The molecule has 1 heteroatoms. The molecule has 0 bridgehead atoms. The lowest BCUT2D eigenvalue weighted by atomic mass is 9.94. The summed E-state index contributed by atoms with van der Waals surface area (Å²) >= 11 is 1.94. The van der Waals surface area contributed by atoms with Gasteiger partial charge in [0.05, 0.1) is 0 Å². The third-order valence-corrected chi connectivity index (χ3v) is 7.48. The third-order valence-electron chi connectivity index (χ3n) is 6.28. The quantitative estimate of drug-likeness (QED) is 0.237. The van der Waals surface area contributed by atoms with Gasteiger partial charge in [-0.15, -0.1) is 11.3 Å². The minimum atomic E-state index is 1.04. The van der Waals surface area contributed by atoms with Crippen molar-refractivity contribution in [3.05, 3.63) is 96.1 Å². The Balaban J connectivity index is 1.67. The average Bonchev–Trinajstić information content (AvgIpc) is 3.31. The van der Waals surface area contributed by atoms with Gasteiger partial charge in [-0.1, -0.05) is 78.9 Å². The summed E-state index contributed by atoms with van der Waals surface area (Å²) in [7, 11) is 0. The molecule has 0 radical (unpaired) electrons. The SMILES string of the molecule is c1ccc2c(c1)ccc1c3c(ccc12)Cc1ccc2c(sc4ccccc42)c1-3. The molecule has 0 amide bonds. The molecule has 130 valence electrons. The van der Waals surface area contributed by atoms with Crippen LogP contribution in [0.5, 0.6) is 0 Å². The van der Waals surface area contributed by atoms with Gasteiger partial charge in [-0.25, -0.2) is 0 Å². The van der Waals surface area contributed by atoms with E-state index in [-0.39, 0.29) is 0 Å². The van der Waals surface area contributed by atoms with Crippen LogP contribution in [0.3, 0.4) is 0 Å². The summed E-state index contributed by atoms with van der Waals surface area (Å²) in [4.78, 5) is 0. The second kappa shape index (κ2) is 5.21. The van der Waals surface area contributed by atoms with Crippen molar-refractivity contribution in [1.29, 1.82) is 0 Å². The van der Waals surface area contributed by atoms with Gasteiger partial charge in [-0.2, -0.15) is 0 Å². The van der Waals surface area contributed by atoms with Gasteiger partial charge in [0.1, 0.15) is 0 Å². The van der Waals surface area contributed by atoms with Gasteiger partial charge >= 0.3 is 0 Å². The van der Waals surface area contributed by atoms with Gasteiger partial charge in [0, 0.05) is 25.7 Å². The van der Waals surface area contributed by atoms with Crippen LogP contribution in [0, 0.1) is 0 Å². The van der Waals surface area contributed by atoms with E-state index >= 15 is 0 Å². The molecule has 6 aromatic rings. The Kier molecular flexibility index (Phi) is 2.76. The minimum Gasteiger partial charge on any atom is -0.135 e. The van der Waals surface area contributed by atoms with Crippen LogP contribution in [0.2, 0.25) is 0 Å². The monoisotopic (exact) mass is 372 g/mol. The van der Waals surface area contributed by atoms with E-state index in [4.69, 9.17) is 0 Å². The lowest BCUT2D eigenvalue weighted by Crippen LogP contribution is -1.84. The smallest absolute Gasteiger partial charge is 0.0437 e. The van der Waals surface area contributed by atoms with Crippen LogP contribution < -0.4 is 0 Å². The maximum Gasteiger partial charge on any atom is 0.0437 e. The highest BCUT2D eigenvalue weighted by atomic mass is 32.1. The van der Waals surface area contributed by atoms with E-state index in [0.717, 1.165) is 6.42 Å². The van der Waals surface area contributed by atoms with Crippen LogP contribution in [0.25, 0.3) is 52.8 Å². The van der Waals surface area contributed by atoms with Crippen LogP contribution in [0.15, 0.2) is 84.9 Å². The molecule has 0 aliphatic heterocycles. The molecule has 0 saturated heterocycles. The number of thiophene rings is 1. The molecule has 5 aromatic carbocycles. The number of benzene rings is 5. The first-order chi connectivity index (χ1) is 13.9. The maximum atomic E-state index is 2.35. The van der Waals surface area contributed by atoms with Crippen LogP contribution in [0.4, 0.5) is 0 Å². The highest BCUT2D eigenvalue weighted by Gasteiger charge is 2.24. The van der Waals surface area contributed by atoms with Gasteiger partial charge in [-0.3, -0.25) is 0 Å². The zero-order valence-electron chi connectivity index (χ0n) is 15.2. The number of hydrogen-bond donors (Lipinski definition) is 0. The van der Waals surface area contributed by atoms with Crippen molar-refractivity contribution in [2.24, 2.45) is 0 Å². The van der Waals surface area contributed by atoms with E-state index in [9.17, 15) is 0 Å². The van der Waals surface area contributed by atoms with Gasteiger partial charge in [0.25, 0.3) is 0 Å². The molecular formula is C27H16S. The van der Waals surface area contributed by atoms with Crippen molar-refractivity contribution < 1.29 is 0 Å². The first-order valence-corrected chi connectivity index (χ1v) is 10.6. The molecule has 0 unspecified atom stereocenters. The molecule has 0 saturated carbocycles. The molecule has 28 heavy (non-hydrogen) atoms. The number of fused-ring (bicyclic) bond motifs is 11. The third kappa shape index (κ3) is 1.80. The van der Waals surface area contributed by atoms with Gasteiger partial charge < -0.3 is 0 Å². The molecule has 1 aliphatic carbocycles. The number of hydrogen-bond acceptors (Lipinski definition) is 1. The molecular weight excluding hydrogens is 356 g/mol. The lowest BCUT2D eigenvalue weighted by molar-refractivity contribution is 1.27. The molecule has 1 aliphatic rings. The zero-order valence-corrected chi connectivity index (χ0v) is 16.0. The second-order valence-electron chi connectivity index (χ2n) is 7.73. The first-order valence-electron chi connectivity index (χ1n) is 9.75. The largest absolute Gasteiger partial charge is 0.135 e. The highest BCUT2D eigenvalue weighted by molar-refractivity contribution is 7.26. The first kappa shape index (κ1) is 14.8. The zero-order chi connectivity index (χ0) is 18.2. The fourth-order valence-corrected chi connectivity index (χ4v) is 6.31. The summed E-state index contributed by atoms with van der Waals surface area (Å²) < 4.78 is 2.82. The lowest BCUT2D eigenvalue weighted by Gasteiger charge is -2.10. The van der Waals surface area contributed by atoms with E-state index in [2.05, 4.69) is 84.9 Å². The summed E-state index contributed by atoms with van der Waals surface area (Å²) in [6, 6.07) is 31.5. The van der Waals surface area contributed by atoms with E-state index < -0.39 is 0 Å². The van der Waals surface area contributed by atoms with Gasteiger partial charge in [0.15, 0.2) is 0 Å². The molecule has 0 N–H and O–H groups in total. The molecule has 1 aromatic heterocycles. The van der Waals surface area contributed by atoms with E-state index in [0.29, 0.717) is 0 Å². The molecule has 1 heterocycles. The minimum absolute atomic E-state index is 1.04. The predicted octanol–water partition coefficient (Wildman–Crippen LogP) is 7.93. The summed E-state index contributed by atoms with van der Waals surface area (Å²) in [5, 5.41) is 8.19. The Labute approximate surface area is 166 Å². The summed E-state index contributed by atoms with van der Waals surface area (Å²) in [5.74, 6) is 0. The van der Waals surface area contributed by atoms with E-state index in [1.807, 2.05) is 11.3 Å². The van der Waals surface area contributed by atoms with Crippen molar-refractivity contribution >= 4 is 53.1 Å². The van der Waals surface area contributed by atoms with Crippen molar-refractivity contribution in [1.82, 2.24) is 0 Å². The summed E-state index contributed by atoms with van der Waals surface area (Å²) in [6.07, 6.45) is 1.04. The van der Waals surface area contributed by atoms with Crippen LogP contribution in [0.1, 0.15) is 11.1 Å². The Morgan fingerprint density at radius 3 is 2.14 bits per heavy atom. The van der Waals surface area contributed by atoms with E-state index in [1.165, 1.54) is 64.0 Å². The van der Waals surface area contributed by atoms with Crippen LogP contribution in [-0.4, -0.2) is 0 Å². The fraction of sp³-hybridized carbons (Fsp3) is 0.0370. The van der Waals surface area contributed by atoms with Crippen LogP contribution in [-0.2, 0) is 6.42 Å². The second-order valence-corrected chi connectivity index (χ2v) is 8.79. The maximum absolute atomic E-state index is 2.35. The Morgan fingerprint density at radius 1 is 0.500 bits per heavy atom. The van der Waals surface area contributed by atoms with Crippen molar-refractivity contribution in [3.63, 3.8) is 0 Å². The van der Waals surface area contributed by atoms with Crippen LogP contribution >= 0.6 is 11.3 Å². The molecule has 7 rings (SSSR count). The Morgan fingerprint density at radius 2 is 1.21 bits per heavy atom. The van der Waals surface area contributed by atoms with Crippen molar-refractivity contribution in [2.75, 3.05) is 0 Å². The molecule has 0 fully saturated rings. The standard InChI is InChI=1S/C27H16S/c1-2-6-19-16(5-1)9-13-22-20(19)12-10-17-15-18-11-14-23-21-7-3-4-8-24(21)28-27(23)26(18)25(17)22/h1-14H,15H2. The topological polar surface area (TPSA) is 0 Å². The average molecular weight is 372 g/mol. The summed E-state index contributed by atoms with van der Waals surface area (Å²) in [5.41, 5.74) is 5.85. The van der Waals surface area contributed by atoms with Crippen molar-refractivity contribution in [2.45, 2.75) is 6.42 Å². The normalized spacial score (nSPS) is 12.9. The Bertz CT molecular complexity index is 1580. The predicted molar refractivity (Wildman–Crippen MR) is 123 cm³/mol. The Hall–Kier alpha value is -3.16. The fourth-order valence-electron chi connectivity index (χ4n) is 5.03. The highest BCUT2D eigenvalue weighted by Crippen LogP contribution is 2.49. The molecule has 0 atom stereocenters. The number of rotatable bonds is 0. The van der Waals surface area contributed by atoms with E-state index in [1.54, 1.807) is 0 Å². The van der Waals surface area contributed by atoms with Gasteiger partial charge in [0.2, 0.25) is 0 Å². The van der Waals surface area contributed by atoms with Crippen molar-refractivity contribution in [3.8, 4) is 11.1 Å². The van der Waals surface area contributed by atoms with Gasteiger partial charge in [-0.05, 0) is 50.7 Å². The summed E-state index contributed by atoms with van der Waals surface area (Å²) in [6.45, 7) is 0. The molecule has 0 spiro atoms. The molecule has 0 nitrogen and oxygen atoms in total.